The summed E-state index contributed by atoms with van der Waals surface area (Å²) in [7, 11) is 1.21. The third kappa shape index (κ3) is 6.36. The van der Waals surface area contributed by atoms with Crippen molar-refractivity contribution in [1.29, 1.82) is 0 Å². The van der Waals surface area contributed by atoms with Gasteiger partial charge in [0.25, 0.3) is 11.8 Å². The van der Waals surface area contributed by atoms with Crippen LogP contribution < -0.4 is 15.4 Å². The van der Waals surface area contributed by atoms with Crippen molar-refractivity contribution in [3.63, 3.8) is 0 Å². The van der Waals surface area contributed by atoms with Crippen LogP contribution in [0.4, 0.5) is 10.5 Å². The fourth-order valence-electron chi connectivity index (χ4n) is 3.38. The second kappa shape index (κ2) is 11.7. The van der Waals surface area contributed by atoms with Crippen molar-refractivity contribution in [2.75, 3.05) is 19.0 Å². The normalized spacial score (nSPS) is 14.0. The summed E-state index contributed by atoms with van der Waals surface area (Å²) in [6, 6.07) is 11.9. The van der Waals surface area contributed by atoms with Crippen molar-refractivity contribution in [2.45, 2.75) is 6.54 Å². The molecule has 0 unspecified atom stereocenters. The Hall–Kier alpha value is -3.80. The van der Waals surface area contributed by atoms with E-state index in [1.165, 1.54) is 31.4 Å². The van der Waals surface area contributed by atoms with Crippen LogP contribution in [0.2, 0.25) is 10.0 Å². The third-order valence-corrected chi connectivity index (χ3v) is 6.25. The lowest BCUT2D eigenvalue weighted by Gasteiger charge is -2.12. The van der Waals surface area contributed by atoms with Gasteiger partial charge in [0.2, 0.25) is 5.76 Å². The Kier molecular flexibility index (Phi) is 8.40. The Bertz CT molecular complexity index is 1430. The van der Waals surface area contributed by atoms with Crippen molar-refractivity contribution in [1.82, 2.24) is 10.2 Å². The molecule has 1 aliphatic heterocycles. The molecule has 3 aromatic rings. The molecule has 2 N–H and O–H groups in total. The number of anilines is 1. The molecule has 0 atom stereocenters. The van der Waals surface area contributed by atoms with Crippen LogP contribution in [0, 0.1) is 0 Å². The summed E-state index contributed by atoms with van der Waals surface area (Å²) < 4.78 is 15.9. The molecule has 2 heterocycles. The molecule has 4 rings (SSSR count). The van der Waals surface area contributed by atoms with Gasteiger partial charge in [0.15, 0.2) is 12.4 Å². The van der Waals surface area contributed by atoms with E-state index < -0.39 is 23.8 Å². The molecule has 0 aliphatic carbocycles. The van der Waals surface area contributed by atoms with Crippen LogP contribution in [0.25, 0.3) is 6.08 Å². The number of carbonyl (C=O) groups excluding carboxylic acids is 4. The average Bonchev–Trinajstić information content (AvgIpc) is 3.45. The molecule has 196 valence electrons. The zero-order valence-corrected chi connectivity index (χ0v) is 22.6. The largest absolute Gasteiger partial charge is 0.481 e. The first-order valence-electron chi connectivity index (χ1n) is 10.8. The van der Waals surface area contributed by atoms with Gasteiger partial charge in [-0.3, -0.25) is 14.5 Å². The minimum absolute atomic E-state index is 0.00808. The molecule has 1 aliphatic rings. The molecule has 0 radical (unpaired) electrons. The molecule has 1 fully saturated rings. The molecule has 13 heteroatoms. The number of esters is 1. The lowest BCUT2D eigenvalue weighted by molar-refractivity contribution is -0.123. The Morgan fingerprint density at radius 3 is 2.55 bits per heavy atom. The second-order valence-corrected chi connectivity index (χ2v) is 9.49. The van der Waals surface area contributed by atoms with E-state index in [2.05, 4.69) is 31.3 Å². The van der Waals surface area contributed by atoms with Crippen molar-refractivity contribution in [3.8, 4) is 5.75 Å². The number of nitrogens with zero attached hydrogens (tertiary/aromatic N) is 1. The van der Waals surface area contributed by atoms with Gasteiger partial charge < -0.3 is 24.5 Å². The van der Waals surface area contributed by atoms with E-state index in [1.54, 1.807) is 30.3 Å². The Morgan fingerprint density at radius 1 is 1.13 bits per heavy atom. The van der Waals surface area contributed by atoms with Crippen LogP contribution in [0.15, 0.2) is 63.1 Å². The van der Waals surface area contributed by atoms with Crippen molar-refractivity contribution in [2.24, 2.45) is 0 Å². The van der Waals surface area contributed by atoms with Crippen molar-refractivity contribution >= 4 is 74.7 Å². The maximum atomic E-state index is 12.8. The zero-order chi connectivity index (χ0) is 27.4. The highest BCUT2D eigenvalue weighted by Gasteiger charge is 2.34. The van der Waals surface area contributed by atoms with E-state index in [1.807, 2.05) is 0 Å². The van der Waals surface area contributed by atoms with E-state index in [4.69, 9.17) is 32.4 Å². The number of amides is 4. The van der Waals surface area contributed by atoms with Gasteiger partial charge in [-0.25, -0.2) is 9.59 Å². The lowest BCUT2D eigenvalue weighted by Crippen LogP contribution is -2.30. The van der Waals surface area contributed by atoms with Gasteiger partial charge in [0.05, 0.1) is 23.1 Å². The number of methoxy groups -OCH3 is 1. The molecule has 38 heavy (non-hydrogen) atoms. The summed E-state index contributed by atoms with van der Waals surface area (Å²) in [5.41, 5.74) is 1.05. The quantitative estimate of drug-likeness (QED) is 0.200. The van der Waals surface area contributed by atoms with Gasteiger partial charge in [0.1, 0.15) is 11.5 Å². The van der Waals surface area contributed by atoms with E-state index in [-0.39, 0.29) is 41.1 Å². The smallest absolute Gasteiger partial charge is 0.373 e. The minimum atomic E-state index is -0.675. The number of urea groups is 1. The van der Waals surface area contributed by atoms with E-state index in [9.17, 15) is 19.2 Å². The number of imide groups is 1. The topological polar surface area (TPSA) is 127 Å². The highest BCUT2D eigenvalue weighted by atomic mass is 79.9. The average molecular weight is 623 g/mol. The minimum Gasteiger partial charge on any atom is -0.481 e. The fraction of sp³-hybridized carbons (Fsp3) is 0.120. The zero-order valence-electron chi connectivity index (χ0n) is 19.5. The number of benzene rings is 2. The number of halogens is 3. The number of hydrogen-bond donors (Lipinski definition) is 2. The summed E-state index contributed by atoms with van der Waals surface area (Å²) >= 11 is 15.6. The number of ether oxygens (including phenoxy) is 2. The summed E-state index contributed by atoms with van der Waals surface area (Å²) in [6.45, 7) is -0.496. The molecule has 2 aromatic carbocycles. The summed E-state index contributed by atoms with van der Waals surface area (Å²) in [6.07, 6.45) is 1.44. The molecular formula is C25H18BrCl2N3O7. The molecule has 10 nitrogen and oxygen atoms in total. The van der Waals surface area contributed by atoms with Crippen LogP contribution >= 0.6 is 39.1 Å². The number of rotatable bonds is 8. The Balaban J connectivity index is 1.41. The highest BCUT2D eigenvalue weighted by Crippen LogP contribution is 2.35. The Labute approximate surface area is 234 Å². The predicted molar refractivity (Wildman–Crippen MR) is 142 cm³/mol. The van der Waals surface area contributed by atoms with Crippen LogP contribution in [0.3, 0.4) is 0 Å². The van der Waals surface area contributed by atoms with E-state index >= 15 is 0 Å². The summed E-state index contributed by atoms with van der Waals surface area (Å²) in [4.78, 5) is 49.9. The molecule has 0 bridgehead atoms. The third-order valence-electron chi connectivity index (χ3n) is 5.13. The summed E-state index contributed by atoms with van der Waals surface area (Å²) in [5.74, 6) is -1.28. The van der Waals surface area contributed by atoms with Crippen molar-refractivity contribution in [3.05, 3.63) is 85.8 Å². The number of carbonyl (C=O) groups is 4. The maximum absolute atomic E-state index is 12.8. The number of furan rings is 1. The van der Waals surface area contributed by atoms with E-state index in [0.717, 1.165) is 4.90 Å². The SMILES string of the molecule is COC(=O)c1ccc(CN2C(=O)N/C(=C\c3cc(Cl)c(OCC(=O)Nc4ccc(Cl)cc4)c(Br)c3)C2=O)o1. The number of hydrogen-bond acceptors (Lipinski definition) is 7. The Morgan fingerprint density at radius 2 is 1.87 bits per heavy atom. The molecule has 1 aromatic heterocycles. The molecule has 0 spiro atoms. The van der Waals surface area contributed by atoms with Crippen molar-refractivity contribution < 1.29 is 33.1 Å². The fourth-order valence-corrected chi connectivity index (χ4v) is 4.49. The monoisotopic (exact) mass is 621 g/mol. The standard InChI is InChI=1S/C25H18BrCl2N3O7/c1-36-24(34)20-7-6-16(38-20)11-31-23(33)19(30-25(31)35)10-13-8-17(26)22(18(28)9-13)37-12-21(32)29-15-4-2-14(27)3-5-15/h2-10H,11-12H2,1H3,(H,29,32)(H,30,35)/b19-10-. The lowest BCUT2D eigenvalue weighted by atomic mass is 10.2. The molecular weight excluding hydrogens is 605 g/mol. The molecule has 0 saturated carbocycles. The van der Waals surface area contributed by atoms with Gasteiger partial charge >= 0.3 is 12.0 Å². The first-order chi connectivity index (χ1) is 18.1. The van der Waals surface area contributed by atoms with Gasteiger partial charge in [-0.1, -0.05) is 23.2 Å². The van der Waals surface area contributed by atoms with Gasteiger partial charge in [-0.2, -0.15) is 0 Å². The molecule has 1 saturated heterocycles. The number of nitrogens with one attached hydrogen (secondary N) is 2. The van der Waals surface area contributed by atoms with Gasteiger partial charge in [0, 0.05) is 10.7 Å². The molecule has 4 amide bonds. The predicted octanol–water partition coefficient (Wildman–Crippen LogP) is 5.25. The van der Waals surface area contributed by atoms with E-state index in [0.29, 0.717) is 20.7 Å². The van der Waals surface area contributed by atoms with Gasteiger partial charge in [-0.05, 0) is 76.1 Å². The van der Waals surface area contributed by atoms with Gasteiger partial charge in [-0.15, -0.1) is 0 Å². The highest BCUT2D eigenvalue weighted by molar-refractivity contribution is 9.10. The van der Waals surface area contributed by atoms with Crippen LogP contribution in [0.1, 0.15) is 21.9 Å². The second-order valence-electron chi connectivity index (χ2n) is 7.79. The first kappa shape index (κ1) is 27.2. The van der Waals surface area contributed by atoms with Crippen LogP contribution in [0.5, 0.6) is 5.75 Å². The van der Waals surface area contributed by atoms with Crippen LogP contribution in [-0.4, -0.2) is 42.4 Å². The summed E-state index contributed by atoms with van der Waals surface area (Å²) in [5, 5.41) is 5.89. The first-order valence-corrected chi connectivity index (χ1v) is 12.4. The maximum Gasteiger partial charge on any atom is 0.373 e. The van der Waals surface area contributed by atoms with Crippen LogP contribution in [-0.2, 0) is 20.9 Å².